The first-order valence-corrected chi connectivity index (χ1v) is 13.4. The van der Waals surface area contributed by atoms with Crippen molar-refractivity contribution < 1.29 is 4.42 Å². The molecule has 0 spiro atoms. The Balaban J connectivity index is 1.57. The van der Waals surface area contributed by atoms with E-state index in [1.807, 2.05) is 13.0 Å². The number of furan rings is 1. The molecule has 4 aromatic heterocycles. The summed E-state index contributed by atoms with van der Waals surface area (Å²) in [5.41, 5.74) is 6.21. The van der Waals surface area contributed by atoms with Gasteiger partial charge in [0.15, 0.2) is 11.4 Å². The van der Waals surface area contributed by atoms with E-state index in [4.69, 9.17) is 9.40 Å². The molecular formula is C36H25N3O. The Bertz CT molecular complexity index is 2200. The summed E-state index contributed by atoms with van der Waals surface area (Å²) < 4.78 is 11.0. The molecule has 8 rings (SSSR count). The molecule has 4 heterocycles. The summed E-state index contributed by atoms with van der Waals surface area (Å²) >= 11 is 0. The molecule has 4 aromatic carbocycles. The van der Waals surface area contributed by atoms with Gasteiger partial charge in [-0.25, -0.2) is 4.98 Å². The van der Waals surface area contributed by atoms with Crippen molar-refractivity contribution in [3.63, 3.8) is 0 Å². The summed E-state index contributed by atoms with van der Waals surface area (Å²) in [4.78, 5) is 5.41. The third-order valence-corrected chi connectivity index (χ3v) is 7.87. The highest BCUT2D eigenvalue weighted by Crippen LogP contribution is 2.39. The summed E-state index contributed by atoms with van der Waals surface area (Å²) in [5.74, 6) is 2.46. The van der Waals surface area contributed by atoms with Crippen LogP contribution in [0.25, 0.3) is 72.3 Å². The second-order valence-corrected chi connectivity index (χ2v) is 10.1. The number of pyridine rings is 1. The van der Waals surface area contributed by atoms with E-state index in [0.29, 0.717) is 0 Å². The van der Waals surface area contributed by atoms with Crippen LogP contribution in [0.1, 0.15) is 11.3 Å². The van der Waals surface area contributed by atoms with Crippen LogP contribution in [-0.2, 0) is 0 Å². The lowest BCUT2D eigenvalue weighted by atomic mass is 10.1. The number of aromatic nitrogens is 3. The standard InChI is InChI=1S/C36H25N3O/c1-3-4-13-24-23(2)40-35-29(24)22-34(38-30-18-9-5-14-25(30)26-15-6-10-19-31(26)38)37-36(35)39-32-20-11-7-16-27(32)28-17-8-12-21-33(28)39/h3-22H,1H2,2H3/b13-4-. The second kappa shape index (κ2) is 8.58. The van der Waals surface area contributed by atoms with E-state index in [1.54, 1.807) is 6.08 Å². The van der Waals surface area contributed by atoms with Crippen molar-refractivity contribution in [2.24, 2.45) is 0 Å². The predicted octanol–water partition coefficient (Wildman–Crippen LogP) is 9.53. The molecule has 0 saturated carbocycles. The minimum Gasteiger partial charge on any atom is -0.457 e. The first-order valence-electron chi connectivity index (χ1n) is 13.4. The number of benzene rings is 4. The maximum absolute atomic E-state index is 6.52. The van der Waals surface area contributed by atoms with Crippen LogP contribution < -0.4 is 0 Å². The Hall–Kier alpha value is -5.35. The molecule has 4 heteroatoms. The molecule has 0 aliphatic heterocycles. The number of aryl methyl sites for hydroxylation is 1. The number of nitrogens with zero attached hydrogens (tertiary/aromatic N) is 3. The van der Waals surface area contributed by atoms with Crippen LogP contribution in [0.15, 0.2) is 126 Å². The molecule has 0 unspecified atom stereocenters. The zero-order chi connectivity index (χ0) is 26.8. The van der Waals surface area contributed by atoms with Crippen LogP contribution >= 0.6 is 0 Å². The Labute approximate surface area is 230 Å². The molecule has 0 atom stereocenters. The molecular weight excluding hydrogens is 490 g/mol. The zero-order valence-electron chi connectivity index (χ0n) is 22.0. The summed E-state index contributed by atoms with van der Waals surface area (Å²) in [7, 11) is 0. The zero-order valence-corrected chi connectivity index (χ0v) is 22.0. The lowest BCUT2D eigenvalue weighted by molar-refractivity contribution is 0.574. The molecule has 0 N–H and O–H groups in total. The monoisotopic (exact) mass is 515 g/mol. The Morgan fingerprint density at radius 3 is 1.62 bits per heavy atom. The van der Waals surface area contributed by atoms with E-state index >= 15 is 0 Å². The quantitative estimate of drug-likeness (QED) is 0.219. The molecule has 0 aliphatic carbocycles. The van der Waals surface area contributed by atoms with Crippen LogP contribution in [0, 0.1) is 6.92 Å². The fraction of sp³-hybridized carbons (Fsp3) is 0.0278. The van der Waals surface area contributed by atoms with Gasteiger partial charge in [0.05, 0.1) is 22.1 Å². The smallest absolute Gasteiger partial charge is 0.183 e. The van der Waals surface area contributed by atoms with Crippen molar-refractivity contribution in [3.8, 4) is 11.6 Å². The molecule has 0 saturated heterocycles. The van der Waals surface area contributed by atoms with Crippen LogP contribution in [0.4, 0.5) is 0 Å². The van der Waals surface area contributed by atoms with E-state index in [-0.39, 0.29) is 0 Å². The van der Waals surface area contributed by atoms with Gasteiger partial charge < -0.3 is 4.42 Å². The largest absolute Gasteiger partial charge is 0.457 e. The number of para-hydroxylation sites is 4. The predicted molar refractivity (Wildman–Crippen MR) is 167 cm³/mol. The van der Waals surface area contributed by atoms with Crippen LogP contribution in [-0.4, -0.2) is 14.1 Å². The Morgan fingerprint density at radius 1 is 0.650 bits per heavy atom. The van der Waals surface area contributed by atoms with Gasteiger partial charge in [-0.15, -0.1) is 0 Å². The van der Waals surface area contributed by atoms with Gasteiger partial charge in [0.25, 0.3) is 0 Å². The summed E-state index contributed by atoms with van der Waals surface area (Å²) in [6.45, 7) is 5.90. The minimum atomic E-state index is 0.761. The van der Waals surface area contributed by atoms with Crippen LogP contribution in [0.5, 0.6) is 0 Å². The van der Waals surface area contributed by atoms with Crippen molar-refractivity contribution in [1.29, 1.82) is 0 Å². The molecule has 0 fully saturated rings. The second-order valence-electron chi connectivity index (χ2n) is 10.1. The van der Waals surface area contributed by atoms with E-state index < -0.39 is 0 Å². The average molecular weight is 516 g/mol. The number of fused-ring (bicyclic) bond motifs is 7. The highest BCUT2D eigenvalue weighted by molar-refractivity contribution is 6.11. The van der Waals surface area contributed by atoms with Gasteiger partial charge in [-0.05, 0) is 37.3 Å². The van der Waals surface area contributed by atoms with E-state index in [0.717, 1.165) is 56.0 Å². The van der Waals surface area contributed by atoms with Crippen LogP contribution in [0.3, 0.4) is 0 Å². The van der Waals surface area contributed by atoms with Crippen molar-refractivity contribution in [2.45, 2.75) is 6.92 Å². The Kier molecular flexibility index (Phi) is 4.85. The first kappa shape index (κ1) is 22.6. The topological polar surface area (TPSA) is 35.9 Å². The molecule has 0 amide bonds. The van der Waals surface area contributed by atoms with Gasteiger partial charge >= 0.3 is 0 Å². The highest BCUT2D eigenvalue weighted by Gasteiger charge is 2.22. The van der Waals surface area contributed by atoms with Crippen LogP contribution in [0.2, 0.25) is 0 Å². The SMILES string of the molecule is C=C/C=C\c1c(C)oc2c(-n3c4ccccc4c4ccccc43)nc(-n3c4ccccc4c4ccccc43)cc12. The number of rotatable bonds is 4. The first-order chi connectivity index (χ1) is 19.7. The summed E-state index contributed by atoms with van der Waals surface area (Å²) in [6.07, 6.45) is 5.82. The van der Waals surface area contributed by atoms with Gasteiger partial charge in [-0.1, -0.05) is 97.6 Å². The third-order valence-electron chi connectivity index (χ3n) is 7.87. The number of allylic oxidation sites excluding steroid dienone is 2. The number of hydrogen-bond acceptors (Lipinski definition) is 2. The average Bonchev–Trinajstić information content (AvgIpc) is 3.62. The van der Waals surface area contributed by atoms with E-state index in [1.165, 1.54) is 21.5 Å². The minimum absolute atomic E-state index is 0.761. The molecule has 0 aliphatic rings. The molecule has 4 nitrogen and oxygen atoms in total. The van der Waals surface area contributed by atoms with Crippen molar-refractivity contribution in [2.75, 3.05) is 0 Å². The fourth-order valence-electron chi connectivity index (χ4n) is 6.16. The molecule has 0 radical (unpaired) electrons. The Morgan fingerprint density at radius 2 is 1.12 bits per heavy atom. The normalized spacial score (nSPS) is 12.1. The molecule has 8 aromatic rings. The summed E-state index contributed by atoms with van der Waals surface area (Å²) in [5, 5.41) is 5.79. The third kappa shape index (κ3) is 3.10. The van der Waals surface area contributed by atoms with Gasteiger partial charge in [0.2, 0.25) is 0 Å². The molecule has 0 bridgehead atoms. The van der Waals surface area contributed by atoms with Crippen molar-refractivity contribution in [1.82, 2.24) is 14.1 Å². The van der Waals surface area contributed by atoms with E-state index in [9.17, 15) is 0 Å². The fourth-order valence-corrected chi connectivity index (χ4v) is 6.16. The van der Waals surface area contributed by atoms with Gasteiger partial charge in [0, 0.05) is 32.5 Å². The lowest BCUT2D eigenvalue weighted by Crippen LogP contribution is -2.04. The summed E-state index contributed by atoms with van der Waals surface area (Å²) in [6, 6.07) is 36.2. The van der Waals surface area contributed by atoms with Crippen molar-refractivity contribution in [3.05, 3.63) is 133 Å². The van der Waals surface area contributed by atoms with Gasteiger partial charge in [-0.3, -0.25) is 9.13 Å². The van der Waals surface area contributed by atoms with Gasteiger partial charge in [-0.2, -0.15) is 0 Å². The maximum Gasteiger partial charge on any atom is 0.183 e. The number of hydrogen-bond donors (Lipinski definition) is 0. The molecule has 40 heavy (non-hydrogen) atoms. The maximum atomic E-state index is 6.52. The lowest BCUT2D eigenvalue weighted by Gasteiger charge is -2.12. The van der Waals surface area contributed by atoms with E-state index in [2.05, 4.69) is 125 Å². The molecule has 190 valence electrons. The highest BCUT2D eigenvalue weighted by atomic mass is 16.3. The van der Waals surface area contributed by atoms with Crippen molar-refractivity contribution >= 4 is 60.7 Å². The van der Waals surface area contributed by atoms with Gasteiger partial charge in [0.1, 0.15) is 11.6 Å².